The van der Waals surface area contributed by atoms with Gasteiger partial charge in [0, 0.05) is 6.42 Å². The SMILES string of the molecule is CCCC(=O)OP=S. The van der Waals surface area contributed by atoms with Crippen molar-refractivity contribution in [3.63, 3.8) is 0 Å². The van der Waals surface area contributed by atoms with E-state index in [1.165, 1.54) is 0 Å². The lowest BCUT2D eigenvalue weighted by Crippen LogP contribution is -1.93. The van der Waals surface area contributed by atoms with Crippen molar-refractivity contribution in [2.45, 2.75) is 19.8 Å². The van der Waals surface area contributed by atoms with E-state index in [1.807, 2.05) is 6.92 Å². The minimum Gasteiger partial charge on any atom is -0.395 e. The Morgan fingerprint density at radius 3 is 2.88 bits per heavy atom. The third-order valence-electron chi connectivity index (χ3n) is 0.593. The Bertz CT molecular complexity index is 94.0. The highest BCUT2D eigenvalue weighted by molar-refractivity contribution is 7.94. The summed E-state index contributed by atoms with van der Waals surface area (Å²) in [7, 11) is 0.283. The molecule has 0 aliphatic heterocycles. The second kappa shape index (κ2) is 5.13. The fourth-order valence-electron chi connectivity index (χ4n) is 0.291. The molecule has 0 rings (SSSR count). The van der Waals surface area contributed by atoms with Crippen molar-refractivity contribution < 1.29 is 9.32 Å². The molecule has 4 heteroatoms. The lowest BCUT2D eigenvalue weighted by atomic mass is 10.4. The molecule has 0 amide bonds. The molecule has 0 aromatic heterocycles. The maximum atomic E-state index is 10.3. The third-order valence-corrected chi connectivity index (χ3v) is 1.09. The van der Waals surface area contributed by atoms with Gasteiger partial charge in [-0.05, 0) is 18.2 Å². The molecule has 0 bridgehead atoms. The van der Waals surface area contributed by atoms with Gasteiger partial charge in [0.05, 0.1) is 0 Å². The predicted molar refractivity (Wildman–Crippen MR) is 35.3 cm³/mol. The smallest absolute Gasteiger partial charge is 0.314 e. The molecule has 0 spiro atoms. The van der Waals surface area contributed by atoms with E-state index in [1.54, 1.807) is 0 Å². The zero-order valence-electron chi connectivity index (χ0n) is 4.59. The summed E-state index contributed by atoms with van der Waals surface area (Å²) in [5, 5.41) is 0. The van der Waals surface area contributed by atoms with Gasteiger partial charge in [-0.3, -0.25) is 4.79 Å². The number of hydrogen-bond donors (Lipinski definition) is 0. The Hall–Kier alpha value is -0.0100. The van der Waals surface area contributed by atoms with Crippen LogP contribution >= 0.6 is 7.58 Å². The minimum atomic E-state index is -0.204. The van der Waals surface area contributed by atoms with E-state index < -0.39 is 0 Å². The van der Waals surface area contributed by atoms with Gasteiger partial charge in [-0.25, -0.2) is 0 Å². The van der Waals surface area contributed by atoms with E-state index in [2.05, 4.69) is 16.3 Å². The molecule has 0 saturated heterocycles. The van der Waals surface area contributed by atoms with Gasteiger partial charge in [-0.1, -0.05) is 6.92 Å². The maximum absolute atomic E-state index is 10.3. The van der Waals surface area contributed by atoms with Crippen molar-refractivity contribution in [2.24, 2.45) is 0 Å². The van der Waals surface area contributed by atoms with Crippen LogP contribution in [0.5, 0.6) is 0 Å². The van der Waals surface area contributed by atoms with Gasteiger partial charge >= 0.3 is 5.97 Å². The van der Waals surface area contributed by atoms with Gasteiger partial charge in [0.2, 0.25) is 7.58 Å². The fraction of sp³-hybridized carbons (Fsp3) is 0.750. The molecule has 0 unspecified atom stereocenters. The molecule has 8 heavy (non-hydrogen) atoms. The second-order valence-electron chi connectivity index (χ2n) is 1.29. The van der Waals surface area contributed by atoms with Crippen molar-refractivity contribution >= 4 is 25.4 Å². The van der Waals surface area contributed by atoms with E-state index in [0.29, 0.717) is 6.42 Å². The Labute approximate surface area is 55.1 Å². The zero-order chi connectivity index (χ0) is 6.41. The van der Waals surface area contributed by atoms with Crippen LogP contribution in [0, 0.1) is 0 Å². The normalized spacial score (nSPS) is 9.12. The zero-order valence-corrected chi connectivity index (χ0v) is 6.30. The monoisotopic (exact) mass is 150 g/mol. The topological polar surface area (TPSA) is 26.3 Å². The van der Waals surface area contributed by atoms with Crippen LogP contribution in [-0.4, -0.2) is 5.97 Å². The minimum absolute atomic E-state index is 0.204. The third kappa shape index (κ3) is 4.16. The van der Waals surface area contributed by atoms with E-state index in [9.17, 15) is 4.79 Å². The fourth-order valence-corrected chi connectivity index (χ4v) is 0.715. The van der Waals surface area contributed by atoms with Crippen LogP contribution in [0.25, 0.3) is 0 Å². The van der Waals surface area contributed by atoms with Crippen LogP contribution in [0.3, 0.4) is 0 Å². The molecule has 0 aliphatic carbocycles. The highest BCUT2D eigenvalue weighted by Gasteiger charge is 1.95. The Kier molecular flexibility index (Phi) is 5.13. The molecule has 0 aromatic rings. The van der Waals surface area contributed by atoms with Crippen LogP contribution in [0.15, 0.2) is 0 Å². The van der Waals surface area contributed by atoms with E-state index in [-0.39, 0.29) is 13.6 Å². The van der Waals surface area contributed by atoms with Gasteiger partial charge in [0.25, 0.3) is 0 Å². The molecule has 0 atom stereocenters. The average Bonchev–Trinajstić information content (AvgIpc) is 1.68. The van der Waals surface area contributed by atoms with Gasteiger partial charge in [0.15, 0.2) is 0 Å². The van der Waals surface area contributed by atoms with Crippen molar-refractivity contribution in [3.05, 3.63) is 0 Å². The van der Waals surface area contributed by atoms with Gasteiger partial charge in [-0.2, -0.15) is 0 Å². The van der Waals surface area contributed by atoms with Crippen LogP contribution in [0.4, 0.5) is 0 Å². The lowest BCUT2D eigenvalue weighted by Gasteiger charge is -1.89. The summed E-state index contributed by atoms with van der Waals surface area (Å²) in [4.78, 5) is 10.3. The van der Waals surface area contributed by atoms with Gasteiger partial charge < -0.3 is 4.52 Å². The van der Waals surface area contributed by atoms with Crippen molar-refractivity contribution in [1.82, 2.24) is 0 Å². The number of carbonyl (C=O) groups is 1. The number of hydrogen-bond acceptors (Lipinski definition) is 3. The molecule has 46 valence electrons. The summed E-state index contributed by atoms with van der Waals surface area (Å²) in [6.07, 6.45) is 1.30. The number of rotatable bonds is 3. The molecule has 0 aliphatic rings. The quantitative estimate of drug-likeness (QED) is 0.572. The largest absolute Gasteiger partial charge is 0.395 e. The van der Waals surface area contributed by atoms with Gasteiger partial charge in [-0.15, -0.1) is 0 Å². The van der Waals surface area contributed by atoms with Crippen molar-refractivity contribution in [2.75, 3.05) is 0 Å². The maximum Gasteiger partial charge on any atom is 0.314 e. The first-order valence-electron chi connectivity index (χ1n) is 2.33. The number of carbonyl (C=O) groups excluding carboxylic acids is 1. The Balaban J connectivity index is 3.18. The molecular weight excluding hydrogens is 143 g/mol. The standard InChI is InChI=1S/C4H7O2PS/c1-2-3-4(5)6-7-8/h2-3H2,1H3. The van der Waals surface area contributed by atoms with Crippen LogP contribution in [-0.2, 0) is 21.1 Å². The molecule has 2 nitrogen and oxygen atoms in total. The molecule has 0 N–H and O–H groups in total. The molecule has 0 aromatic carbocycles. The summed E-state index contributed by atoms with van der Waals surface area (Å²) >= 11 is 4.37. The van der Waals surface area contributed by atoms with E-state index in [0.717, 1.165) is 6.42 Å². The summed E-state index contributed by atoms with van der Waals surface area (Å²) < 4.78 is 4.43. The first-order valence-corrected chi connectivity index (χ1v) is 4.16. The predicted octanol–water partition coefficient (Wildman–Crippen LogP) is 1.65. The first-order chi connectivity index (χ1) is 3.81. The van der Waals surface area contributed by atoms with E-state index in [4.69, 9.17) is 0 Å². The van der Waals surface area contributed by atoms with E-state index >= 15 is 0 Å². The summed E-state index contributed by atoms with van der Waals surface area (Å²) in [6.45, 7) is 1.92. The van der Waals surface area contributed by atoms with Crippen LogP contribution in [0.1, 0.15) is 19.8 Å². The molecule has 0 radical (unpaired) electrons. The summed E-state index contributed by atoms with van der Waals surface area (Å²) in [5.74, 6) is -0.204. The Morgan fingerprint density at radius 1 is 1.88 bits per heavy atom. The lowest BCUT2D eigenvalue weighted by molar-refractivity contribution is -0.133. The molecule has 0 fully saturated rings. The molecule has 0 saturated carbocycles. The second-order valence-corrected chi connectivity index (χ2v) is 2.07. The summed E-state index contributed by atoms with van der Waals surface area (Å²) in [5.41, 5.74) is 0. The summed E-state index contributed by atoms with van der Waals surface area (Å²) in [6, 6.07) is 0. The van der Waals surface area contributed by atoms with Crippen molar-refractivity contribution in [3.8, 4) is 0 Å². The molecular formula is C4H7O2PS. The van der Waals surface area contributed by atoms with Crippen LogP contribution in [0.2, 0.25) is 0 Å². The van der Waals surface area contributed by atoms with Crippen molar-refractivity contribution in [1.29, 1.82) is 0 Å². The van der Waals surface area contributed by atoms with Gasteiger partial charge in [0.1, 0.15) is 0 Å². The van der Waals surface area contributed by atoms with Crippen LogP contribution < -0.4 is 0 Å². The highest BCUT2D eigenvalue weighted by atomic mass is 32.4. The average molecular weight is 150 g/mol. The Morgan fingerprint density at radius 2 is 2.50 bits per heavy atom. The highest BCUT2D eigenvalue weighted by Crippen LogP contribution is 1.99. The molecule has 0 heterocycles. The first kappa shape index (κ1) is 7.99.